The smallest absolute Gasteiger partial charge is 0.243 e. The van der Waals surface area contributed by atoms with Crippen LogP contribution in [0, 0.1) is 11.7 Å². The average Bonchev–Trinajstić information content (AvgIpc) is 2.92. The predicted octanol–water partition coefficient (Wildman–Crippen LogP) is 2.74. The van der Waals surface area contributed by atoms with Crippen molar-refractivity contribution in [1.82, 2.24) is 10.2 Å². The summed E-state index contributed by atoms with van der Waals surface area (Å²) in [7, 11) is 1.60. The summed E-state index contributed by atoms with van der Waals surface area (Å²) in [4.78, 5) is 13.9. The molecule has 1 aliphatic heterocycles. The van der Waals surface area contributed by atoms with E-state index in [4.69, 9.17) is 4.74 Å². The van der Waals surface area contributed by atoms with E-state index in [2.05, 4.69) is 10.2 Å². The summed E-state index contributed by atoms with van der Waals surface area (Å²) in [5, 5.41) is 2.95. The van der Waals surface area contributed by atoms with Crippen molar-refractivity contribution in [3.8, 4) is 5.75 Å². The molecule has 0 unspecified atom stereocenters. The maximum Gasteiger partial charge on any atom is 0.243 e. The molecule has 2 rings (SSSR count). The van der Waals surface area contributed by atoms with Gasteiger partial charge in [0.1, 0.15) is 11.6 Å². The minimum atomic E-state index is -0.245. The second-order valence-corrected chi connectivity index (χ2v) is 6.31. The quantitative estimate of drug-likeness (QED) is 0.820. The molecule has 1 N–H and O–H groups in total. The molecule has 1 heterocycles. The topological polar surface area (TPSA) is 41.6 Å². The Bertz CT molecular complexity index is 582. The number of amides is 1. The second-order valence-electron chi connectivity index (χ2n) is 6.31. The molecule has 1 aliphatic rings. The number of ether oxygens (including phenoxy) is 1. The molecule has 1 fully saturated rings. The molecule has 4 nitrogen and oxygen atoms in total. The number of nitrogens with zero attached hydrogens (tertiary/aromatic N) is 1. The standard InChI is InChI=1S/C18H25FN2O2/c1-13(2)8-18(22)20-10-14-6-7-21(11-14)12-15-9-16(19)4-5-17(15)23-3/h4-5,8-9,14H,6-7,10-12H2,1-3H3,(H,20,22)/t14-/m1/s1. The average molecular weight is 320 g/mol. The number of rotatable bonds is 6. The van der Waals surface area contributed by atoms with E-state index in [0.29, 0.717) is 24.8 Å². The van der Waals surface area contributed by atoms with Crippen molar-refractivity contribution in [3.63, 3.8) is 0 Å². The highest BCUT2D eigenvalue weighted by molar-refractivity contribution is 5.87. The number of carbonyl (C=O) groups is 1. The van der Waals surface area contributed by atoms with Crippen molar-refractivity contribution in [1.29, 1.82) is 0 Å². The Balaban J connectivity index is 1.85. The van der Waals surface area contributed by atoms with Crippen LogP contribution in [0.1, 0.15) is 25.8 Å². The van der Waals surface area contributed by atoms with Gasteiger partial charge in [-0.2, -0.15) is 0 Å². The Morgan fingerprint density at radius 3 is 2.96 bits per heavy atom. The minimum absolute atomic E-state index is 0.0322. The van der Waals surface area contributed by atoms with Gasteiger partial charge in [-0.15, -0.1) is 0 Å². The first kappa shape index (κ1) is 17.5. The van der Waals surface area contributed by atoms with Crippen LogP contribution in [-0.2, 0) is 11.3 Å². The summed E-state index contributed by atoms with van der Waals surface area (Å²) in [6.45, 7) is 7.00. The van der Waals surface area contributed by atoms with Crippen LogP contribution < -0.4 is 10.1 Å². The van der Waals surface area contributed by atoms with Gasteiger partial charge in [0, 0.05) is 31.3 Å². The fourth-order valence-corrected chi connectivity index (χ4v) is 2.89. The molecule has 0 radical (unpaired) electrons. The van der Waals surface area contributed by atoms with E-state index < -0.39 is 0 Å². The van der Waals surface area contributed by atoms with Crippen molar-refractivity contribution in [2.45, 2.75) is 26.8 Å². The molecule has 0 aromatic heterocycles. The molecule has 1 aromatic carbocycles. The van der Waals surface area contributed by atoms with Gasteiger partial charge < -0.3 is 10.1 Å². The van der Waals surface area contributed by atoms with Crippen molar-refractivity contribution in [2.24, 2.45) is 5.92 Å². The Morgan fingerprint density at radius 1 is 1.48 bits per heavy atom. The number of nitrogens with one attached hydrogen (secondary N) is 1. The van der Waals surface area contributed by atoms with Gasteiger partial charge in [0.2, 0.25) is 5.91 Å². The van der Waals surface area contributed by atoms with Crippen LogP contribution in [0.3, 0.4) is 0 Å². The molecule has 126 valence electrons. The van der Waals surface area contributed by atoms with Crippen molar-refractivity contribution >= 4 is 5.91 Å². The summed E-state index contributed by atoms with van der Waals surface area (Å²) in [6.07, 6.45) is 2.65. The molecule has 0 saturated carbocycles. The molecule has 0 spiro atoms. The van der Waals surface area contributed by atoms with Gasteiger partial charge in [0.15, 0.2) is 0 Å². The number of allylic oxidation sites excluding steroid dienone is 1. The van der Waals surface area contributed by atoms with Crippen molar-refractivity contribution < 1.29 is 13.9 Å². The van der Waals surface area contributed by atoms with Crippen LogP contribution in [0.15, 0.2) is 29.8 Å². The van der Waals surface area contributed by atoms with Crippen molar-refractivity contribution in [3.05, 3.63) is 41.2 Å². The third-order valence-electron chi connectivity index (χ3n) is 3.99. The third-order valence-corrected chi connectivity index (χ3v) is 3.99. The Morgan fingerprint density at radius 2 is 2.26 bits per heavy atom. The molecule has 1 atom stereocenters. The zero-order valence-corrected chi connectivity index (χ0v) is 14.1. The molecular formula is C18H25FN2O2. The van der Waals surface area contributed by atoms with Crippen LogP contribution >= 0.6 is 0 Å². The van der Waals surface area contributed by atoms with Gasteiger partial charge in [0.05, 0.1) is 7.11 Å². The number of likely N-dealkylation sites (tertiary alicyclic amines) is 1. The first-order valence-corrected chi connectivity index (χ1v) is 7.95. The van der Waals surface area contributed by atoms with Crippen LogP contribution in [-0.4, -0.2) is 37.6 Å². The molecule has 5 heteroatoms. The van der Waals surface area contributed by atoms with E-state index in [1.165, 1.54) is 12.1 Å². The van der Waals surface area contributed by atoms with E-state index >= 15 is 0 Å². The normalized spacial score (nSPS) is 17.8. The summed E-state index contributed by atoms with van der Waals surface area (Å²) in [5.41, 5.74) is 1.86. The minimum Gasteiger partial charge on any atom is -0.496 e. The number of hydrogen-bond donors (Lipinski definition) is 1. The lowest BCUT2D eigenvalue weighted by Crippen LogP contribution is -2.30. The first-order valence-electron chi connectivity index (χ1n) is 7.95. The van der Waals surface area contributed by atoms with E-state index in [1.54, 1.807) is 19.3 Å². The zero-order valence-electron chi connectivity index (χ0n) is 14.1. The van der Waals surface area contributed by atoms with Crippen molar-refractivity contribution in [2.75, 3.05) is 26.7 Å². The van der Waals surface area contributed by atoms with Gasteiger partial charge in [-0.05, 0) is 50.9 Å². The van der Waals surface area contributed by atoms with Crippen LogP contribution in [0.2, 0.25) is 0 Å². The van der Waals surface area contributed by atoms with E-state index in [1.807, 2.05) is 13.8 Å². The number of benzene rings is 1. The Labute approximate surface area is 137 Å². The van der Waals surface area contributed by atoms with Crippen LogP contribution in [0.5, 0.6) is 5.75 Å². The van der Waals surface area contributed by atoms with Crippen LogP contribution in [0.4, 0.5) is 4.39 Å². The maximum atomic E-state index is 13.4. The van der Waals surface area contributed by atoms with Gasteiger partial charge in [0.25, 0.3) is 0 Å². The molecular weight excluding hydrogens is 295 g/mol. The number of methoxy groups -OCH3 is 1. The first-order chi connectivity index (χ1) is 11.0. The highest BCUT2D eigenvalue weighted by atomic mass is 19.1. The molecule has 1 amide bonds. The van der Waals surface area contributed by atoms with E-state index in [-0.39, 0.29) is 11.7 Å². The van der Waals surface area contributed by atoms with E-state index in [9.17, 15) is 9.18 Å². The fraction of sp³-hybridized carbons (Fsp3) is 0.500. The van der Waals surface area contributed by atoms with E-state index in [0.717, 1.165) is 30.6 Å². The highest BCUT2D eigenvalue weighted by Crippen LogP contribution is 2.24. The summed E-state index contributed by atoms with van der Waals surface area (Å²) >= 11 is 0. The molecule has 23 heavy (non-hydrogen) atoms. The summed E-state index contributed by atoms with van der Waals surface area (Å²) < 4.78 is 18.7. The second kappa shape index (κ2) is 8.11. The van der Waals surface area contributed by atoms with Crippen LogP contribution in [0.25, 0.3) is 0 Å². The number of carbonyl (C=O) groups excluding carboxylic acids is 1. The zero-order chi connectivity index (χ0) is 16.8. The SMILES string of the molecule is COc1ccc(F)cc1CN1CC[C@H](CNC(=O)C=C(C)C)C1. The highest BCUT2D eigenvalue weighted by Gasteiger charge is 2.23. The molecule has 1 aromatic rings. The lowest BCUT2D eigenvalue weighted by molar-refractivity contribution is -0.116. The Hall–Kier alpha value is -1.88. The molecule has 0 aliphatic carbocycles. The molecule has 0 bridgehead atoms. The molecule has 1 saturated heterocycles. The Kier molecular flexibility index (Phi) is 6.16. The van der Waals surface area contributed by atoms with Gasteiger partial charge in [-0.25, -0.2) is 4.39 Å². The largest absolute Gasteiger partial charge is 0.496 e. The van der Waals surface area contributed by atoms with Gasteiger partial charge in [-0.3, -0.25) is 9.69 Å². The summed E-state index contributed by atoms with van der Waals surface area (Å²) in [6, 6.07) is 4.61. The monoisotopic (exact) mass is 320 g/mol. The maximum absolute atomic E-state index is 13.4. The number of hydrogen-bond acceptors (Lipinski definition) is 3. The van der Waals surface area contributed by atoms with Gasteiger partial charge >= 0.3 is 0 Å². The lowest BCUT2D eigenvalue weighted by Gasteiger charge is -2.18. The fourth-order valence-electron chi connectivity index (χ4n) is 2.89. The summed E-state index contributed by atoms with van der Waals surface area (Å²) in [5.74, 6) is 0.872. The third kappa shape index (κ3) is 5.36. The predicted molar refractivity (Wildman–Crippen MR) is 88.8 cm³/mol. The van der Waals surface area contributed by atoms with Gasteiger partial charge in [-0.1, -0.05) is 5.57 Å². The lowest BCUT2D eigenvalue weighted by atomic mass is 10.1. The number of halogens is 1.